The van der Waals surface area contributed by atoms with Crippen molar-refractivity contribution in [3.05, 3.63) is 29.8 Å². The van der Waals surface area contributed by atoms with Crippen LogP contribution in [0.5, 0.6) is 0 Å². The van der Waals surface area contributed by atoms with Crippen LogP contribution in [0.25, 0.3) is 0 Å². The number of methoxy groups -OCH3 is 1. The lowest BCUT2D eigenvalue weighted by Gasteiger charge is -2.43. The van der Waals surface area contributed by atoms with E-state index >= 15 is 0 Å². The Bertz CT molecular complexity index is 424. The second-order valence-electron chi connectivity index (χ2n) is 4.37. The van der Waals surface area contributed by atoms with Crippen molar-refractivity contribution in [2.45, 2.75) is 31.6 Å². The molecule has 1 saturated carbocycles. The Hall–Kier alpha value is -1.57. The maximum atomic E-state index is 8.73. The van der Waals surface area contributed by atoms with Crippen LogP contribution < -0.4 is 5.32 Å². The van der Waals surface area contributed by atoms with Gasteiger partial charge in [0.05, 0.1) is 23.8 Å². The van der Waals surface area contributed by atoms with E-state index in [4.69, 9.17) is 14.7 Å². The Morgan fingerprint density at radius 1 is 1.39 bits per heavy atom. The molecule has 4 nitrogen and oxygen atoms in total. The summed E-state index contributed by atoms with van der Waals surface area (Å²) in [5, 5.41) is 12.1. The summed E-state index contributed by atoms with van der Waals surface area (Å²) in [6.45, 7) is 2.71. The zero-order valence-corrected chi connectivity index (χ0v) is 10.7. The molecule has 3 atom stereocenters. The van der Waals surface area contributed by atoms with Gasteiger partial charge in [0.1, 0.15) is 6.10 Å². The van der Waals surface area contributed by atoms with E-state index in [1.54, 1.807) is 7.11 Å². The van der Waals surface area contributed by atoms with Gasteiger partial charge < -0.3 is 14.8 Å². The maximum absolute atomic E-state index is 8.73. The summed E-state index contributed by atoms with van der Waals surface area (Å²) in [6.07, 6.45) is 1.24. The summed E-state index contributed by atoms with van der Waals surface area (Å²) < 4.78 is 11.0. The van der Waals surface area contributed by atoms with Crippen molar-refractivity contribution in [3.8, 4) is 6.07 Å². The molecule has 1 aliphatic carbocycles. The molecule has 1 aromatic carbocycles. The third-order valence-electron chi connectivity index (χ3n) is 3.27. The second-order valence-corrected chi connectivity index (χ2v) is 4.37. The highest BCUT2D eigenvalue weighted by molar-refractivity contribution is 5.48. The monoisotopic (exact) mass is 246 g/mol. The Balaban J connectivity index is 1.92. The van der Waals surface area contributed by atoms with E-state index in [0.29, 0.717) is 12.2 Å². The Morgan fingerprint density at radius 3 is 2.67 bits per heavy atom. The molecule has 18 heavy (non-hydrogen) atoms. The molecule has 0 bridgehead atoms. The summed E-state index contributed by atoms with van der Waals surface area (Å²) in [5.74, 6) is 0. The molecule has 0 heterocycles. The third kappa shape index (κ3) is 2.63. The number of nitrogens with one attached hydrogen (secondary N) is 1. The summed E-state index contributed by atoms with van der Waals surface area (Å²) in [6, 6.07) is 9.83. The molecule has 2 rings (SSSR count). The SMILES string of the molecule is CCOC1CC(Nc2ccc(C#N)cc2)C1OC. The van der Waals surface area contributed by atoms with Crippen molar-refractivity contribution in [2.75, 3.05) is 19.0 Å². The second kappa shape index (κ2) is 5.85. The number of ether oxygens (including phenoxy) is 2. The summed E-state index contributed by atoms with van der Waals surface area (Å²) >= 11 is 0. The van der Waals surface area contributed by atoms with Crippen LogP contribution in [0.4, 0.5) is 5.69 Å². The van der Waals surface area contributed by atoms with E-state index < -0.39 is 0 Å². The zero-order valence-electron chi connectivity index (χ0n) is 10.7. The first-order chi connectivity index (χ1) is 8.78. The van der Waals surface area contributed by atoms with Gasteiger partial charge in [-0.3, -0.25) is 0 Å². The topological polar surface area (TPSA) is 54.3 Å². The Morgan fingerprint density at radius 2 is 2.11 bits per heavy atom. The van der Waals surface area contributed by atoms with Crippen LogP contribution in [-0.2, 0) is 9.47 Å². The van der Waals surface area contributed by atoms with Crippen LogP contribution in [-0.4, -0.2) is 32.0 Å². The van der Waals surface area contributed by atoms with Gasteiger partial charge in [-0.1, -0.05) is 0 Å². The molecule has 0 amide bonds. The molecule has 0 spiro atoms. The lowest BCUT2D eigenvalue weighted by atomic mass is 9.85. The minimum absolute atomic E-state index is 0.0978. The highest BCUT2D eigenvalue weighted by Gasteiger charge is 2.42. The zero-order chi connectivity index (χ0) is 13.0. The number of nitrogens with zero attached hydrogens (tertiary/aromatic N) is 1. The number of nitriles is 1. The van der Waals surface area contributed by atoms with Gasteiger partial charge >= 0.3 is 0 Å². The molecule has 1 N–H and O–H groups in total. The molecule has 3 unspecified atom stereocenters. The van der Waals surface area contributed by atoms with Crippen molar-refractivity contribution in [2.24, 2.45) is 0 Å². The number of rotatable bonds is 5. The molecule has 1 fully saturated rings. The number of anilines is 1. The fourth-order valence-electron chi connectivity index (χ4n) is 2.27. The fraction of sp³-hybridized carbons (Fsp3) is 0.500. The lowest BCUT2D eigenvalue weighted by molar-refractivity contribution is -0.118. The average Bonchev–Trinajstić information content (AvgIpc) is 2.38. The Labute approximate surface area is 108 Å². The van der Waals surface area contributed by atoms with Crippen LogP contribution >= 0.6 is 0 Å². The van der Waals surface area contributed by atoms with Crippen molar-refractivity contribution in [1.82, 2.24) is 0 Å². The fourth-order valence-corrected chi connectivity index (χ4v) is 2.27. The quantitative estimate of drug-likeness (QED) is 0.865. The summed E-state index contributed by atoms with van der Waals surface area (Å²) in [7, 11) is 1.71. The predicted octanol–water partition coefficient (Wildman–Crippen LogP) is 2.16. The number of hydrogen-bond donors (Lipinski definition) is 1. The largest absolute Gasteiger partial charge is 0.379 e. The van der Waals surface area contributed by atoms with E-state index in [2.05, 4.69) is 11.4 Å². The molecule has 96 valence electrons. The van der Waals surface area contributed by atoms with E-state index in [9.17, 15) is 0 Å². The van der Waals surface area contributed by atoms with Crippen LogP contribution in [0.1, 0.15) is 18.9 Å². The molecular weight excluding hydrogens is 228 g/mol. The lowest BCUT2D eigenvalue weighted by Crippen LogP contribution is -2.56. The summed E-state index contributed by atoms with van der Waals surface area (Å²) in [4.78, 5) is 0. The van der Waals surface area contributed by atoms with E-state index in [1.165, 1.54) is 0 Å². The van der Waals surface area contributed by atoms with Gasteiger partial charge in [-0.2, -0.15) is 5.26 Å². The van der Waals surface area contributed by atoms with Crippen molar-refractivity contribution in [3.63, 3.8) is 0 Å². The van der Waals surface area contributed by atoms with Gasteiger partial charge in [-0.15, -0.1) is 0 Å². The first-order valence-electron chi connectivity index (χ1n) is 6.19. The molecule has 1 aromatic rings. The molecule has 0 aromatic heterocycles. The predicted molar refractivity (Wildman–Crippen MR) is 69.4 cm³/mol. The maximum Gasteiger partial charge on any atom is 0.103 e. The van der Waals surface area contributed by atoms with Crippen LogP contribution in [0.15, 0.2) is 24.3 Å². The van der Waals surface area contributed by atoms with Gasteiger partial charge in [0.25, 0.3) is 0 Å². The van der Waals surface area contributed by atoms with E-state index in [1.807, 2.05) is 31.2 Å². The smallest absolute Gasteiger partial charge is 0.103 e. The average molecular weight is 246 g/mol. The first kappa shape index (κ1) is 12.9. The normalized spacial score (nSPS) is 26.2. The standard InChI is InChI=1S/C14H18N2O2/c1-3-18-13-8-12(14(13)17-2)16-11-6-4-10(9-15)5-7-11/h4-7,12-14,16H,3,8H2,1-2H3. The van der Waals surface area contributed by atoms with E-state index in [0.717, 1.165) is 12.1 Å². The van der Waals surface area contributed by atoms with Gasteiger partial charge in [0.2, 0.25) is 0 Å². The molecular formula is C14H18N2O2. The minimum atomic E-state index is 0.0978. The van der Waals surface area contributed by atoms with E-state index in [-0.39, 0.29) is 18.2 Å². The van der Waals surface area contributed by atoms with Gasteiger partial charge in [0, 0.05) is 19.4 Å². The van der Waals surface area contributed by atoms with Gasteiger partial charge in [-0.25, -0.2) is 0 Å². The summed E-state index contributed by atoms with van der Waals surface area (Å²) in [5.41, 5.74) is 1.68. The first-order valence-corrected chi connectivity index (χ1v) is 6.19. The molecule has 0 radical (unpaired) electrons. The van der Waals surface area contributed by atoms with Crippen molar-refractivity contribution < 1.29 is 9.47 Å². The minimum Gasteiger partial charge on any atom is -0.379 e. The van der Waals surface area contributed by atoms with Gasteiger partial charge in [-0.05, 0) is 37.6 Å². The number of hydrogen-bond acceptors (Lipinski definition) is 4. The molecule has 0 saturated heterocycles. The third-order valence-corrected chi connectivity index (χ3v) is 3.27. The van der Waals surface area contributed by atoms with Crippen molar-refractivity contribution >= 4 is 5.69 Å². The van der Waals surface area contributed by atoms with Crippen LogP contribution in [0.3, 0.4) is 0 Å². The highest BCUT2D eigenvalue weighted by atomic mass is 16.5. The Kier molecular flexibility index (Phi) is 4.19. The highest BCUT2D eigenvalue weighted by Crippen LogP contribution is 2.29. The van der Waals surface area contributed by atoms with Gasteiger partial charge in [0.15, 0.2) is 0 Å². The number of benzene rings is 1. The molecule has 4 heteroatoms. The molecule has 0 aliphatic heterocycles. The van der Waals surface area contributed by atoms with Crippen LogP contribution in [0.2, 0.25) is 0 Å². The van der Waals surface area contributed by atoms with Crippen LogP contribution in [0, 0.1) is 11.3 Å². The molecule has 1 aliphatic rings. The van der Waals surface area contributed by atoms with Crippen molar-refractivity contribution in [1.29, 1.82) is 5.26 Å².